The van der Waals surface area contributed by atoms with Crippen LogP contribution < -0.4 is 10.2 Å². The molecule has 0 unspecified atom stereocenters. The van der Waals surface area contributed by atoms with E-state index in [2.05, 4.69) is 10.4 Å². The molecular formula is C12H23N5O. The van der Waals surface area contributed by atoms with E-state index in [0.717, 1.165) is 23.6 Å². The van der Waals surface area contributed by atoms with E-state index >= 15 is 0 Å². The van der Waals surface area contributed by atoms with Gasteiger partial charge in [0.15, 0.2) is 0 Å². The lowest BCUT2D eigenvalue weighted by atomic mass is 10.2. The number of rotatable bonds is 5. The van der Waals surface area contributed by atoms with Crippen molar-refractivity contribution in [2.24, 2.45) is 7.05 Å². The van der Waals surface area contributed by atoms with E-state index in [0.29, 0.717) is 6.54 Å². The maximum absolute atomic E-state index is 11.8. The van der Waals surface area contributed by atoms with Gasteiger partial charge in [-0.25, -0.2) is 0 Å². The number of aromatic nitrogens is 2. The molecule has 0 radical (unpaired) electrons. The molecule has 1 N–H and O–H groups in total. The van der Waals surface area contributed by atoms with Crippen molar-refractivity contribution in [2.45, 2.75) is 13.5 Å². The molecule has 0 fully saturated rings. The third-order valence-electron chi connectivity index (χ3n) is 2.90. The number of carbonyl (C=O) groups is 1. The van der Waals surface area contributed by atoms with Crippen LogP contribution in [0.15, 0.2) is 0 Å². The van der Waals surface area contributed by atoms with Crippen molar-refractivity contribution in [3.05, 3.63) is 11.3 Å². The molecule has 0 aromatic carbocycles. The van der Waals surface area contributed by atoms with Crippen molar-refractivity contribution in [2.75, 3.05) is 39.6 Å². The number of likely N-dealkylation sites (N-methyl/N-ethyl adjacent to an activating group) is 2. The Morgan fingerprint density at radius 3 is 2.50 bits per heavy atom. The maximum Gasteiger partial charge on any atom is 0.241 e. The van der Waals surface area contributed by atoms with Crippen LogP contribution in [0.3, 0.4) is 0 Å². The lowest BCUT2D eigenvalue weighted by molar-refractivity contribution is -0.127. The molecule has 0 aliphatic carbocycles. The summed E-state index contributed by atoms with van der Waals surface area (Å²) in [4.78, 5) is 15.3. The number of amides is 1. The lowest BCUT2D eigenvalue weighted by Crippen LogP contribution is -2.35. The number of hydrogen-bond acceptors (Lipinski definition) is 4. The molecule has 1 aromatic heterocycles. The zero-order valence-electron chi connectivity index (χ0n) is 12.1. The SMILES string of the molecule is CNCc1c(C)nn(C)c1N(C)CC(=O)N(C)C. The first-order valence-electron chi connectivity index (χ1n) is 5.96. The van der Waals surface area contributed by atoms with Crippen LogP contribution in [0.2, 0.25) is 0 Å². The van der Waals surface area contributed by atoms with Gasteiger partial charge in [0.05, 0.1) is 12.2 Å². The Hall–Kier alpha value is -1.56. The molecule has 18 heavy (non-hydrogen) atoms. The number of carbonyl (C=O) groups excluding carboxylic acids is 1. The van der Waals surface area contributed by atoms with Gasteiger partial charge >= 0.3 is 0 Å². The minimum Gasteiger partial charge on any atom is -0.350 e. The van der Waals surface area contributed by atoms with Gasteiger partial charge in [-0.05, 0) is 14.0 Å². The van der Waals surface area contributed by atoms with Crippen molar-refractivity contribution < 1.29 is 4.79 Å². The van der Waals surface area contributed by atoms with Gasteiger partial charge in [0.1, 0.15) is 5.82 Å². The molecule has 0 bridgehead atoms. The highest BCUT2D eigenvalue weighted by Gasteiger charge is 2.18. The van der Waals surface area contributed by atoms with Crippen molar-refractivity contribution >= 4 is 11.7 Å². The fraction of sp³-hybridized carbons (Fsp3) is 0.667. The van der Waals surface area contributed by atoms with E-state index < -0.39 is 0 Å². The number of nitrogens with one attached hydrogen (secondary N) is 1. The summed E-state index contributed by atoms with van der Waals surface area (Å²) in [6, 6.07) is 0. The summed E-state index contributed by atoms with van der Waals surface area (Å²) in [5, 5.41) is 7.55. The first-order chi connectivity index (χ1) is 8.38. The van der Waals surface area contributed by atoms with Crippen molar-refractivity contribution in [3.63, 3.8) is 0 Å². The zero-order valence-corrected chi connectivity index (χ0v) is 12.1. The first-order valence-corrected chi connectivity index (χ1v) is 5.96. The topological polar surface area (TPSA) is 53.4 Å². The van der Waals surface area contributed by atoms with Gasteiger partial charge < -0.3 is 15.1 Å². The van der Waals surface area contributed by atoms with Gasteiger partial charge in [-0.2, -0.15) is 5.10 Å². The van der Waals surface area contributed by atoms with Crippen LogP contribution in [0.1, 0.15) is 11.3 Å². The second kappa shape index (κ2) is 5.86. The molecule has 1 amide bonds. The van der Waals surface area contributed by atoms with Gasteiger partial charge in [-0.15, -0.1) is 0 Å². The quantitative estimate of drug-likeness (QED) is 0.801. The number of aryl methyl sites for hydroxylation is 2. The van der Waals surface area contributed by atoms with Crippen LogP contribution in [-0.4, -0.2) is 55.3 Å². The van der Waals surface area contributed by atoms with Crippen LogP contribution in [0.4, 0.5) is 5.82 Å². The minimum atomic E-state index is 0.0757. The fourth-order valence-corrected chi connectivity index (χ4v) is 1.97. The molecule has 102 valence electrons. The number of nitrogens with zero attached hydrogens (tertiary/aromatic N) is 4. The van der Waals surface area contributed by atoms with E-state index in [4.69, 9.17) is 0 Å². The molecule has 0 saturated carbocycles. The molecule has 1 aromatic rings. The standard InChI is InChI=1S/C12H23N5O/c1-9-10(7-13-2)12(17(6)14-9)16(5)8-11(18)15(3)4/h13H,7-8H2,1-6H3. The van der Waals surface area contributed by atoms with Crippen LogP contribution in [0.5, 0.6) is 0 Å². The molecule has 0 aliphatic heterocycles. The molecule has 6 heteroatoms. The van der Waals surface area contributed by atoms with Crippen molar-refractivity contribution in [3.8, 4) is 0 Å². The normalized spacial score (nSPS) is 10.6. The zero-order chi connectivity index (χ0) is 13.9. The summed E-state index contributed by atoms with van der Waals surface area (Å²) in [5.74, 6) is 1.06. The summed E-state index contributed by atoms with van der Waals surface area (Å²) in [6.07, 6.45) is 0. The predicted octanol–water partition coefficient (Wildman–Crippen LogP) is -0.0277. The highest BCUT2D eigenvalue weighted by molar-refractivity contribution is 5.80. The summed E-state index contributed by atoms with van der Waals surface area (Å²) >= 11 is 0. The van der Waals surface area contributed by atoms with Crippen molar-refractivity contribution in [1.29, 1.82) is 0 Å². The fourth-order valence-electron chi connectivity index (χ4n) is 1.97. The third kappa shape index (κ3) is 3.01. The molecule has 0 atom stereocenters. The Balaban J connectivity index is 2.97. The Kier molecular flexibility index (Phi) is 4.72. The van der Waals surface area contributed by atoms with Gasteiger partial charge in [-0.3, -0.25) is 9.48 Å². The summed E-state index contributed by atoms with van der Waals surface area (Å²) < 4.78 is 1.82. The smallest absolute Gasteiger partial charge is 0.241 e. The van der Waals surface area contributed by atoms with Gasteiger partial charge in [0.2, 0.25) is 5.91 Å². The largest absolute Gasteiger partial charge is 0.350 e. The highest BCUT2D eigenvalue weighted by atomic mass is 16.2. The highest BCUT2D eigenvalue weighted by Crippen LogP contribution is 2.21. The molecule has 1 heterocycles. The van der Waals surface area contributed by atoms with Gasteiger partial charge in [-0.1, -0.05) is 0 Å². The maximum atomic E-state index is 11.8. The van der Waals surface area contributed by atoms with Gasteiger partial charge in [0.25, 0.3) is 0 Å². The predicted molar refractivity (Wildman–Crippen MR) is 72.7 cm³/mol. The average Bonchev–Trinajstić information content (AvgIpc) is 2.54. The summed E-state index contributed by atoms with van der Waals surface area (Å²) in [7, 11) is 9.24. The molecule has 0 spiro atoms. The molecular weight excluding hydrogens is 230 g/mol. The third-order valence-corrected chi connectivity index (χ3v) is 2.90. The lowest BCUT2D eigenvalue weighted by Gasteiger charge is -2.22. The van der Waals surface area contributed by atoms with Gasteiger partial charge in [0, 0.05) is 40.3 Å². The summed E-state index contributed by atoms with van der Waals surface area (Å²) in [5.41, 5.74) is 2.13. The molecule has 0 saturated heterocycles. The van der Waals surface area contributed by atoms with E-state index in [-0.39, 0.29) is 5.91 Å². The Morgan fingerprint density at radius 2 is 2.00 bits per heavy atom. The van der Waals surface area contributed by atoms with Crippen LogP contribution in [0, 0.1) is 6.92 Å². The van der Waals surface area contributed by atoms with E-state index in [1.807, 2.05) is 37.6 Å². The minimum absolute atomic E-state index is 0.0757. The monoisotopic (exact) mass is 253 g/mol. The van der Waals surface area contributed by atoms with Crippen LogP contribution >= 0.6 is 0 Å². The Morgan fingerprint density at radius 1 is 1.39 bits per heavy atom. The van der Waals surface area contributed by atoms with E-state index in [1.165, 1.54) is 0 Å². The van der Waals surface area contributed by atoms with E-state index in [9.17, 15) is 4.79 Å². The molecule has 1 rings (SSSR count). The van der Waals surface area contributed by atoms with E-state index in [1.54, 1.807) is 19.0 Å². The molecule has 0 aliphatic rings. The second-order valence-corrected chi connectivity index (χ2v) is 4.69. The first kappa shape index (κ1) is 14.5. The van der Waals surface area contributed by atoms with Crippen LogP contribution in [-0.2, 0) is 18.4 Å². The second-order valence-electron chi connectivity index (χ2n) is 4.69. The Bertz CT molecular complexity index is 424. The average molecular weight is 253 g/mol. The number of anilines is 1. The summed E-state index contributed by atoms with van der Waals surface area (Å²) in [6.45, 7) is 3.08. The Labute approximate surface area is 109 Å². The molecule has 6 nitrogen and oxygen atoms in total. The van der Waals surface area contributed by atoms with Crippen LogP contribution in [0.25, 0.3) is 0 Å². The number of hydrogen-bond donors (Lipinski definition) is 1. The van der Waals surface area contributed by atoms with Crippen molar-refractivity contribution in [1.82, 2.24) is 20.0 Å².